The quantitative estimate of drug-likeness (QED) is 0.852. The van der Waals surface area contributed by atoms with Crippen LogP contribution in [0.3, 0.4) is 0 Å². The van der Waals surface area contributed by atoms with Crippen LogP contribution in [0.15, 0.2) is 24.5 Å². The number of tetrazole rings is 1. The van der Waals surface area contributed by atoms with Crippen LogP contribution in [-0.4, -0.2) is 49.1 Å². The third kappa shape index (κ3) is 3.23. The maximum Gasteiger partial charge on any atom is 0.225 e. The minimum absolute atomic E-state index is 0.302. The smallest absolute Gasteiger partial charge is 0.225 e. The molecule has 0 unspecified atom stereocenters. The van der Waals surface area contributed by atoms with Gasteiger partial charge in [0.2, 0.25) is 11.7 Å². The van der Waals surface area contributed by atoms with Crippen molar-refractivity contribution in [1.29, 1.82) is 0 Å². The Morgan fingerprint density at radius 1 is 1.22 bits per heavy atom. The fourth-order valence-electron chi connectivity index (χ4n) is 3.17. The largest absolute Gasteiger partial charge is 0.342 e. The molecule has 2 aliphatic rings. The van der Waals surface area contributed by atoms with Crippen LogP contribution in [0.5, 0.6) is 0 Å². The summed E-state index contributed by atoms with van der Waals surface area (Å²) >= 11 is 0. The van der Waals surface area contributed by atoms with Gasteiger partial charge in [-0.2, -0.15) is 4.80 Å². The second-order valence-electron chi connectivity index (χ2n) is 6.47. The molecule has 23 heavy (non-hydrogen) atoms. The zero-order chi connectivity index (χ0) is 15.6. The van der Waals surface area contributed by atoms with Crippen LogP contribution in [0.25, 0.3) is 11.4 Å². The van der Waals surface area contributed by atoms with E-state index in [-0.39, 0.29) is 0 Å². The third-order valence-corrected chi connectivity index (χ3v) is 4.57. The van der Waals surface area contributed by atoms with Crippen LogP contribution < -0.4 is 0 Å². The van der Waals surface area contributed by atoms with E-state index in [2.05, 4.69) is 20.4 Å². The van der Waals surface area contributed by atoms with Crippen molar-refractivity contribution in [2.75, 3.05) is 13.1 Å². The average Bonchev–Trinajstić information content (AvgIpc) is 3.35. The maximum absolute atomic E-state index is 12.2. The molecule has 0 radical (unpaired) electrons. The molecule has 0 N–H and O–H groups in total. The molecule has 2 fully saturated rings. The molecule has 120 valence electrons. The summed E-state index contributed by atoms with van der Waals surface area (Å²) < 4.78 is 0. The topological polar surface area (TPSA) is 76.8 Å². The fourth-order valence-corrected chi connectivity index (χ4v) is 3.17. The Morgan fingerprint density at radius 3 is 2.83 bits per heavy atom. The van der Waals surface area contributed by atoms with Gasteiger partial charge in [-0.25, -0.2) is 0 Å². The van der Waals surface area contributed by atoms with E-state index in [1.807, 2.05) is 17.0 Å². The highest BCUT2D eigenvalue weighted by Gasteiger charge is 2.35. The molecule has 1 saturated carbocycles. The molecule has 1 saturated heterocycles. The highest BCUT2D eigenvalue weighted by atomic mass is 16.2. The van der Waals surface area contributed by atoms with Crippen LogP contribution in [0.1, 0.15) is 25.7 Å². The Kier molecular flexibility index (Phi) is 3.77. The van der Waals surface area contributed by atoms with Crippen LogP contribution in [0.4, 0.5) is 0 Å². The standard InChI is InChI=1S/C16H20N6O/c23-16(14-3-4-14)21-9-1-2-12(10-21)11-22-19-15(18-20-22)13-5-7-17-8-6-13/h5-8,12,14H,1-4,9-11H2/t12-/m0/s1. The number of rotatable bonds is 4. The number of carbonyl (C=O) groups excluding carboxylic acids is 1. The lowest BCUT2D eigenvalue weighted by Crippen LogP contribution is -2.42. The zero-order valence-corrected chi connectivity index (χ0v) is 13.0. The first-order valence-corrected chi connectivity index (χ1v) is 8.26. The summed E-state index contributed by atoms with van der Waals surface area (Å²) in [6.45, 7) is 2.44. The lowest BCUT2D eigenvalue weighted by atomic mass is 9.98. The lowest BCUT2D eigenvalue weighted by molar-refractivity contribution is -0.134. The number of carbonyl (C=O) groups is 1. The van der Waals surface area contributed by atoms with Gasteiger partial charge in [0.15, 0.2) is 0 Å². The zero-order valence-electron chi connectivity index (χ0n) is 13.0. The molecule has 0 aromatic carbocycles. The van der Waals surface area contributed by atoms with Crippen molar-refractivity contribution in [2.45, 2.75) is 32.2 Å². The maximum atomic E-state index is 12.2. The van der Waals surface area contributed by atoms with Crippen molar-refractivity contribution in [3.05, 3.63) is 24.5 Å². The average molecular weight is 312 g/mol. The normalized spacial score (nSPS) is 21.4. The molecular weight excluding hydrogens is 292 g/mol. The number of likely N-dealkylation sites (tertiary alicyclic amines) is 1. The monoisotopic (exact) mass is 312 g/mol. The Morgan fingerprint density at radius 2 is 2.04 bits per heavy atom. The number of hydrogen-bond acceptors (Lipinski definition) is 5. The Hall–Kier alpha value is -2.31. The number of aromatic nitrogens is 5. The Balaban J connectivity index is 1.40. The van der Waals surface area contributed by atoms with Crippen molar-refractivity contribution in [3.8, 4) is 11.4 Å². The molecule has 1 aliphatic heterocycles. The van der Waals surface area contributed by atoms with Crippen LogP contribution >= 0.6 is 0 Å². The molecule has 7 nitrogen and oxygen atoms in total. The summed E-state index contributed by atoms with van der Waals surface area (Å²) in [4.78, 5) is 19.9. The van der Waals surface area contributed by atoms with Crippen LogP contribution in [-0.2, 0) is 11.3 Å². The van der Waals surface area contributed by atoms with E-state index in [9.17, 15) is 4.79 Å². The molecule has 4 rings (SSSR count). The Labute approximate surface area is 134 Å². The number of pyridine rings is 1. The Bertz CT molecular complexity index is 681. The van der Waals surface area contributed by atoms with E-state index < -0.39 is 0 Å². The van der Waals surface area contributed by atoms with Gasteiger partial charge >= 0.3 is 0 Å². The summed E-state index contributed by atoms with van der Waals surface area (Å²) in [7, 11) is 0. The molecule has 7 heteroatoms. The minimum Gasteiger partial charge on any atom is -0.342 e. The van der Waals surface area contributed by atoms with Crippen LogP contribution in [0.2, 0.25) is 0 Å². The van der Waals surface area contributed by atoms with Gasteiger partial charge in [0.1, 0.15) is 0 Å². The van der Waals surface area contributed by atoms with Crippen molar-refractivity contribution in [2.24, 2.45) is 11.8 Å². The van der Waals surface area contributed by atoms with E-state index in [1.54, 1.807) is 17.2 Å². The third-order valence-electron chi connectivity index (χ3n) is 4.57. The van der Waals surface area contributed by atoms with Gasteiger partial charge in [-0.05, 0) is 48.9 Å². The first-order chi connectivity index (χ1) is 11.3. The number of piperidine rings is 1. The van der Waals surface area contributed by atoms with E-state index in [1.165, 1.54) is 0 Å². The molecule has 1 atom stereocenters. The van der Waals surface area contributed by atoms with E-state index in [0.717, 1.165) is 44.3 Å². The molecule has 0 bridgehead atoms. The summed E-state index contributed by atoms with van der Waals surface area (Å²) in [6.07, 6.45) is 7.76. The minimum atomic E-state index is 0.302. The van der Waals surface area contributed by atoms with Crippen LogP contribution in [0, 0.1) is 11.8 Å². The molecule has 3 heterocycles. The lowest BCUT2D eigenvalue weighted by Gasteiger charge is -2.32. The van der Waals surface area contributed by atoms with Gasteiger partial charge in [-0.3, -0.25) is 9.78 Å². The van der Waals surface area contributed by atoms with Crippen molar-refractivity contribution < 1.29 is 4.79 Å². The van der Waals surface area contributed by atoms with Gasteiger partial charge < -0.3 is 4.90 Å². The highest BCUT2D eigenvalue weighted by Crippen LogP contribution is 2.32. The van der Waals surface area contributed by atoms with Gasteiger partial charge in [0.05, 0.1) is 6.54 Å². The number of hydrogen-bond donors (Lipinski definition) is 0. The molecule has 2 aromatic heterocycles. The van der Waals surface area contributed by atoms with E-state index in [4.69, 9.17) is 0 Å². The summed E-state index contributed by atoms with van der Waals surface area (Å²) in [5.41, 5.74) is 0.917. The van der Waals surface area contributed by atoms with Gasteiger partial charge in [-0.1, -0.05) is 0 Å². The van der Waals surface area contributed by atoms with Crippen molar-refractivity contribution in [1.82, 2.24) is 30.1 Å². The highest BCUT2D eigenvalue weighted by molar-refractivity contribution is 5.81. The van der Waals surface area contributed by atoms with Gasteiger partial charge in [-0.15, -0.1) is 10.2 Å². The summed E-state index contributed by atoms with van der Waals surface area (Å²) in [5.74, 6) is 1.68. The van der Waals surface area contributed by atoms with E-state index in [0.29, 0.717) is 30.1 Å². The predicted molar refractivity (Wildman–Crippen MR) is 83.1 cm³/mol. The summed E-state index contributed by atoms with van der Waals surface area (Å²) in [5, 5.41) is 12.7. The SMILES string of the molecule is O=C(C1CC1)N1CCC[C@H](Cn2nnc(-c3ccncc3)n2)C1. The molecule has 1 amide bonds. The first kappa shape index (κ1) is 14.3. The molecule has 0 spiro atoms. The molecule has 1 aliphatic carbocycles. The molecular formula is C16H20N6O. The predicted octanol–water partition coefficient (Wildman–Crippen LogP) is 1.38. The van der Waals surface area contributed by atoms with E-state index >= 15 is 0 Å². The van der Waals surface area contributed by atoms with Crippen molar-refractivity contribution >= 4 is 5.91 Å². The first-order valence-electron chi connectivity index (χ1n) is 8.26. The van der Waals surface area contributed by atoms with Crippen molar-refractivity contribution in [3.63, 3.8) is 0 Å². The van der Waals surface area contributed by atoms with Gasteiger partial charge in [0, 0.05) is 37.0 Å². The second kappa shape index (κ2) is 6.06. The molecule has 2 aromatic rings. The summed E-state index contributed by atoms with van der Waals surface area (Å²) in [6, 6.07) is 3.75. The fraction of sp³-hybridized carbons (Fsp3) is 0.562. The number of amides is 1. The van der Waals surface area contributed by atoms with Gasteiger partial charge in [0.25, 0.3) is 0 Å². The number of nitrogens with zero attached hydrogens (tertiary/aromatic N) is 6. The second-order valence-corrected chi connectivity index (χ2v) is 6.47.